The predicted octanol–water partition coefficient (Wildman–Crippen LogP) is 4.48. The van der Waals surface area contributed by atoms with E-state index in [1.54, 1.807) is 11.2 Å². The molecule has 3 aromatic heterocycles. The molecule has 2 amide bonds. The molecule has 0 bridgehead atoms. The number of nitrogens with zero attached hydrogens (tertiary/aromatic N) is 7. The van der Waals surface area contributed by atoms with Gasteiger partial charge in [-0.2, -0.15) is 0 Å². The molecule has 14 heteroatoms. The number of rotatable bonds is 24. The maximum absolute atomic E-state index is 13.8. The molecule has 0 radical (unpaired) electrons. The van der Waals surface area contributed by atoms with Crippen LogP contribution in [0.4, 0.5) is 11.6 Å². The van der Waals surface area contributed by atoms with Crippen LogP contribution in [-0.4, -0.2) is 102 Å². The lowest BCUT2D eigenvalue weighted by molar-refractivity contribution is -0.122. The summed E-state index contributed by atoms with van der Waals surface area (Å²) in [5, 5.41) is 14.6. The van der Waals surface area contributed by atoms with Crippen LogP contribution in [0.1, 0.15) is 82.4 Å². The third-order valence-electron chi connectivity index (χ3n) is 9.19. The monoisotopic (exact) mass is 721 g/mol. The zero-order valence-corrected chi connectivity index (χ0v) is 32.2. The Kier molecular flexibility index (Phi) is 16.4. The molecule has 0 fully saturated rings. The quantitative estimate of drug-likeness (QED) is 0.126. The van der Waals surface area contributed by atoms with Crippen molar-refractivity contribution in [3.8, 4) is 11.5 Å². The molecule has 1 unspecified atom stereocenters. The number of nitrogens with one attached hydrogen (secondary N) is 2. The number of aryl methyl sites for hydroxylation is 1. The van der Waals surface area contributed by atoms with Crippen molar-refractivity contribution < 1.29 is 23.8 Å². The van der Waals surface area contributed by atoms with Gasteiger partial charge in [-0.1, -0.05) is 33.3 Å². The van der Waals surface area contributed by atoms with E-state index < -0.39 is 0 Å². The zero-order valence-electron chi connectivity index (χ0n) is 32.2. The summed E-state index contributed by atoms with van der Waals surface area (Å²) >= 11 is 0. The molecule has 2 N–H and O–H groups in total. The number of pyridine rings is 2. The summed E-state index contributed by atoms with van der Waals surface area (Å²) < 4.78 is 18.8. The summed E-state index contributed by atoms with van der Waals surface area (Å²) in [6, 6.07) is 7.65. The van der Waals surface area contributed by atoms with E-state index in [-0.39, 0.29) is 24.3 Å². The number of carbonyl (C=O) groups excluding carboxylic acids is 2. The predicted molar refractivity (Wildman–Crippen MR) is 202 cm³/mol. The van der Waals surface area contributed by atoms with E-state index in [2.05, 4.69) is 60.3 Å². The summed E-state index contributed by atoms with van der Waals surface area (Å²) in [5.41, 5.74) is 2.93. The van der Waals surface area contributed by atoms with Crippen LogP contribution in [0.15, 0.2) is 30.6 Å². The highest BCUT2D eigenvalue weighted by Crippen LogP contribution is 2.32. The Labute approximate surface area is 309 Å². The van der Waals surface area contributed by atoms with Crippen molar-refractivity contribution in [1.82, 2.24) is 35.4 Å². The molecule has 1 atom stereocenters. The van der Waals surface area contributed by atoms with Gasteiger partial charge in [-0.3, -0.25) is 14.5 Å². The van der Waals surface area contributed by atoms with Gasteiger partial charge in [0.25, 0.3) is 5.91 Å². The molecule has 3 aromatic rings. The summed E-state index contributed by atoms with van der Waals surface area (Å²) in [4.78, 5) is 39.7. The average molecular weight is 722 g/mol. The third kappa shape index (κ3) is 11.8. The van der Waals surface area contributed by atoms with Crippen LogP contribution in [0.25, 0.3) is 11.5 Å². The fourth-order valence-electron chi connectivity index (χ4n) is 5.97. The number of fused-ring (bicyclic) bond motifs is 1. The molecule has 4 heterocycles. The van der Waals surface area contributed by atoms with Gasteiger partial charge in [-0.25, -0.2) is 9.97 Å². The molecule has 286 valence electrons. The summed E-state index contributed by atoms with van der Waals surface area (Å²) in [5.74, 6) is 3.02. The van der Waals surface area contributed by atoms with Gasteiger partial charge in [0.05, 0.1) is 50.8 Å². The molecular formula is C38H59N9O5. The number of anilines is 2. The van der Waals surface area contributed by atoms with Crippen molar-refractivity contribution in [2.75, 3.05) is 69.6 Å². The van der Waals surface area contributed by atoms with Gasteiger partial charge in [0.2, 0.25) is 5.91 Å². The van der Waals surface area contributed by atoms with E-state index in [1.807, 2.05) is 42.8 Å². The zero-order chi connectivity index (χ0) is 37.5. The van der Waals surface area contributed by atoms with Crippen LogP contribution in [0.3, 0.4) is 0 Å². The van der Waals surface area contributed by atoms with Crippen LogP contribution in [0, 0.1) is 11.8 Å². The van der Waals surface area contributed by atoms with Gasteiger partial charge in [0.15, 0.2) is 5.82 Å². The maximum atomic E-state index is 13.8. The number of carbonyl (C=O) groups is 2. The number of hydrogen-bond acceptors (Lipinski definition) is 11. The summed E-state index contributed by atoms with van der Waals surface area (Å²) in [6.07, 6.45) is 4.26. The van der Waals surface area contributed by atoms with E-state index >= 15 is 0 Å². The molecular weight excluding hydrogens is 662 g/mol. The molecule has 52 heavy (non-hydrogen) atoms. The highest BCUT2D eigenvalue weighted by atomic mass is 16.5. The molecule has 0 aromatic carbocycles. The molecule has 0 saturated heterocycles. The SMILES string of the molecule is CCC(COCCOCCOCCC(=O)NCCNCc1nc(N(C)C(C)C)cc2c1CN(c1cccc(-c3nncn3CC)n1)C2=O)CC(C)C. The lowest BCUT2D eigenvalue weighted by atomic mass is 9.96. The smallest absolute Gasteiger partial charge is 0.260 e. The second-order valence-electron chi connectivity index (χ2n) is 13.9. The highest BCUT2D eigenvalue weighted by molar-refractivity contribution is 6.10. The Morgan fingerprint density at radius 1 is 1.00 bits per heavy atom. The normalized spacial score (nSPS) is 13.3. The van der Waals surface area contributed by atoms with Gasteiger partial charge in [-0.05, 0) is 57.2 Å². The molecule has 0 spiro atoms. The van der Waals surface area contributed by atoms with Crippen molar-refractivity contribution in [3.63, 3.8) is 0 Å². The lowest BCUT2D eigenvalue weighted by Crippen LogP contribution is -2.32. The maximum Gasteiger partial charge on any atom is 0.260 e. The molecule has 0 saturated carbocycles. The van der Waals surface area contributed by atoms with Crippen LogP contribution in [0.2, 0.25) is 0 Å². The molecule has 14 nitrogen and oxygen atoms in total. The molecule has 0 aliphatic carbocycles. The second-order valence-corrected chi connectivity index (χ2v) is 13.9. The first-order valence-corrected chi connectivity index (χ1v) is 18.8. The average Bonchev–Trinajstić information content (AvgIpc) is 3.75. The van der Waals surface area contributed by atoms with Gasteiger partial charge in [-0.15, -0.1) is 10.2 Å². The fourth-order valence-corrected chi connectivity index (χ4v) is 5.97. The standard InChI is InChI=1S/C38H59N9O5/c1-8-29(21-27(3)4)25-52-20-19-51-18-17-50-16-13-36(48)40-15-14-39-23-33-31-24-47(38(49)30(31)22-35(43-33)45(7)28(5)6)34-12-10-11-32(42-34)37-44-41-26-46(37)9-2/h10-12,22,26-29,39H,8-9,13-21,23-25H2,1-7H3,(H,40,48). The number of amides is 2. The first-order chi connectivity index (χ1) is 25.1. The van der Waals surface area contributed by atoms with Gasteiger partial charge < -0.3 is 34.3 Å². The Bertz CT molecular complexity index is 1560. The highest BCUT2D eigenvalue weighted by Gasteiger charge is 2.33. The minimum absolute atomic E-state index is 0.0734. The van der Waals surface area contributed by atoms with E-state index in [0.717, 1.165) is 30.1 Å². The number of aromatic nitrogens is 5. The summed E-state index contributed by atoms with van der Waals surface area (Å²) in [6.45, 7) is 18.5. The molecule has 1 aliphatic rings. The van der Waals surface area contributed by atoms with Crippen molar-refractivity contribution in [1.29, 1.82) is 0 Å². The van der Waals surface area contributed by atoms with E-state index in [9.17, 15) is 9.59 Å². The fraction of sp³-hybridized carbons (Fsp3) is 0.632. The lowest BCUT2D eigenvalue weighted by Gasteiger charge is -2.24. The Morgan fingerprint density at radius 3 is 2.46 bits per heavy atom. The van der Waals surface area contributed by atoms with Crippen LogP contribution < -0.4 is 20.4 Å². The summed E-state index contributed by atoms with van der Waals surface area (Å²) in [7, 11) is 1.97. The van der Waals surface area contributed by atoms with Crippen molar-refractivity contribution in [2.24, 2.45) is 11.8 Å². The van der Waals surface area contributed by atoms with E-state index in [4.69, 9.17) is 24.2 Å². The minimum Gasteiger partial charge on any atom is -0.379 e. The first kappa shape index (κ1) is 40.8. The van der Waals surface area contributed by atoms with E-state index in [0.29, 0.717) is 100 Å². The second kappa shape index (κ2) is 20.9. The Balaban J connectivity index is 1.20. The van der Waals surface area contributed by atoms with E-state index in [1.165, 1.54) is 6.42 Å². The number of hydrogen-bond donors (Lipinski definition) is 2. The minimum atomic E-state index is -0.119. The Morgan fingerprint density at radius 2 is 1.75 bits per heavy atom. The Hall–Kier alpha value is -3.98. The van der Waals surface area contributed by atoms with Gasteiger partial charge in [0.1, 0.15) is 23.7 Å². The largest absolute Gasteiger partial charge is 0.379 e. The molecule has 1 aliphatic heterocycles. The van der Waals surface area contributed by atoms with Crippen LogP contribution in [-0.2, 0) is 38.6 Å². The van der Waals surface area contributed by atoms with Gasteiger partial charge in [0, 0.05) is 57.9 Å². The number of ether oxygens (including phenoxy) is 3. The van der Waals surface area contributed by atoms with Crippen molar-refractivity contribution in [2.45, 2.75) is 86.5 Å². The first-order valence-electron chi connectivity index (χ1n) is 18.8. The third-order valence-corrected chi connectivity index (χ3v) is 9.19. The van der Waals surface area contributed by atoms with Gasteiger partial charge >= 0.3 is 0 Å². The van der Waals surface area contributed by atoms with Crippen molar-refractivity contribution in [3.05, 3.63) is 47.4 Å². The topological polar surface area (TPSA) is 149 Å². The van der Waals surface area contributed by atoms with Crippen molar-refractivity contribution >= 4 is 23.5 Å². The van der Waals surface area contributed by atoms with Crippen LogP contribution >= 0.6 is 0 Å². The van der Waals surface area contributed by atoms with Crippen LogP contribution in [0.5, 0.6) is 0 Å². The molecule has 4 rings (SSSR count).